The van der Waals surface area contributed by atoms with Crippen LogP contribution in [0.3, 0.4) is 0 Å². The summed E-state index contributed by atoms with van der Waals surface area (Å²) < 4.78 is 32.1. The summed E-state index contributed by atoms with van der Waals surface area (Å²) in [6, 6.07) is -0.635. The molecule has 9 heavy (non-hydrogen) atoms. The lowest BCUT2D eigenvalue weighted by Gasteiger charge is -2.25. The van der Waals surface area contributed by atoms with Gasteiger partial charge in [0.15, 0.2) is 0 Å². The first-order chi connectivity index (χ1) is 4.51. The van der Waals surface area contributed by atoms with Crippen molar-refractivity contribution in [2.24, 2.45) is 5.73 Å². The van der Waals surface area contributed by atoms with Gasteiger partial charge in [-0.3, -0.25) is 0 Å². The number of hydrogen-bond donors (Lipinski definition) is 1. The van der Waals surface area contributed by atoms with Gasteiger partial charge in [-0.25, -0.2) is 8.78 Å². The molecule has 0 aromatic rings. The first-order valence-corrected chi connectivity index (χ1v) is 3.07. The van der Waals surface area contributed by atoms with E-state index in [0.717, 1.165) is 0 Å². The fourth-order valence-electron chi connectivity index (χ4n) is 1.04. The minimum absolute atomic E-state index is 0.172. The summed E-state index contributed by atoms with van der Waals surface area (Å²) in [5.41, 5.74) is 5.29. The number of nitrogens with two attached hydrogens (primary N) is 1. The highest BCUT2D eigenvalue weighted by Gasteiger charge is 2.34. The Morgan fingerprint density at radius 1 is 1.67 bits per heavy atom. The second-order valence-corrected chi connectivity index (χ2v) is 2.50. The van der Waals surface area contributed by atoms with Crippen molar-refractivity contribution in [1.29, 1.82) is 0 Å². The molecule has 1 aliphatic rings. The second-order valence-electron chi connectivity index (χ2n) is 2.50. The van der Waals surface area contributed by atoms with Crippen LogP contribution < -0.4 is 5.73 Å². The van der Waals surface area contributed by atoms with Crippen LogP contribution in [0.1, 0.15) is 27.0 Å². The molecule has 1 aliphatic carbocycles. The summed E-state index contributed by atoms with van der Waals surface area (Å²) in [5.74, 6) is -2.61. The summed E-state index contributed by atoms with van der Waals surface area (Å²) in [4.78, 5) is 0. The highest BCUT2D eigenvalue weighted by Crippen LogP contribution is 2.31. The van der Waals surface area contributed by atoms with Crippen LogP contribution in [-0.4, -0.2) is 12.0 Å². The summed E-state index contributed by atoms with van der Waals surface area (Å²) in [6.45, 7) is 0. The molecule has 54 valence electrons. The van der Waals surface area contributed by atoms with Crippen molar-refractivity contribution >= 4 is 0 Å². The second kappa shape index (κ2) is 2.21. The predicted octanol–water partition coefficient (Wildman–Crippen LogP) is 1.52. The van der Waals surface area contributed by atoms with Crippen LogP contribution in [0.15, 0.2) is 0 Å². The number of alkyl halides is 2. The molecule has 0 bridgehead atoms. The normalized spacial score (nSPS) is 44.1. The molecule has 0 aliphatic heterocycles. The quantitative estimate of drug-likeness (QED) is 0.537. The first kappa shape index (κ1) is 5.59. The van der Waals surface area contributed by atoms with Crippen LogP contribution in [0.5, 0.6) is 0 Å². The van der Waals surface area contributed by atoms with Crippen LogP contribution >= 0.6 is 0 Å². The molecule has 1 fully saturated rings. The van der Waals surface area contributed by atoms with E-state index in [4.69, 9.17) is 7.10 Å². The van der Waals surface area contributed by atoms with E-state index in [-0.39, 0.29) is 19.3 Å². The van der Waals surface area contributed by atoms with Gasteiger partial charge in [0.05, 0.1) is 0 Å². The van der Waals surface area contributed by atoms with E-state index in [1.807, 2.05) is 0 Å². The Hall–Kier alpha value is -0.180. The van der Waals surface area contributed by atoms with E-state index in [0.29, 0.717) is 0 Å². The Balaban J connectivity index is 2.49. The van der Waals surface area contributed by atoms with Crippen LogP contribution in [0.4, 0.5) is 8.78 Å². The zero-order valence-electron chi connectivity index (χ0n) is 6.11. The third kappa shape index (κ3) is 1.90. The third-order valence-electron chi connectivity index (χ3n) is 1.51. The molecular weight excluding hydrogens is 124 g/mol. The average molecular weight is 136 g/mol. The summed E-state index contributed by atoms with van der Waals surface area (Å²) in [6.07, 6.45) is -0.746. The van der Waals surface area contributed by atoms with Crippen LogP contribution in [0.25, 0.3) is 0 Å². The first-order valence-electron chi connectivity index (χ1n) is 3.65. The maximum Gasteiger partial charge on any atom is 0.249 e. The van der Waals surface area contributed by atoms with Gasteiger partial charge in [-0.2, -0.15) is 0 Å². The number of rotatable bonds is 0. The Kier molecular flexibility index (Phi) is 1.38. The van der Waals surface area contributed by atoms with E-state index in [1.165, 1.54) is 0 Å². The Morgan fingerprint density at radius 2 is 2.33 bits per heavy atom. The molecule has 0 heterocycles. The topological polar surface area (TPSA) is 26.0 Å². The maximum atomic E-state index is 12.5. The lowest BCUT2D eigenvalue weighted by molar-refractivity contribution is -0.0395. The largest absolute Gasteiger partial charge is 0.327 e. The van der Waals surface area contributed by atoms with E-state index in [1.54, 1.807) is 0 Å². The van der Waals surface area contributed by atoms with Crippen molar-refractivity contribution in [3.8, 4) is 0 Å². The van der Waals surface area contributed by atoms with Crippen molar-refractivity contribution in [3.63, 3.8) is 0 Å². The Bertz CT molecular complexity index is 129. The lowest BCUT2D eigenvalue weighted by atomic mass is 9.93. The number of hydrogen-bond acceptors (Lipinski definition) is 1. The molecule has 1 rings (SSSR count). The van der Waals surface area contributed by atoms with Crippen molar-refractivity contribution in [2.75, 3.05) is 0 Å². The Morgan fingerprint density at radius 3 is 2.78 bits per heavy atom. The minimum Gasteiger partial charge on any atom is -0.327 e. The predicted molar refractivity (Wildman–Crippen MR) is 31.4 cm³/mol. The third-order valence-corrected chi connectivity index (χ3v) is 1.51. The summed E-state index contributed by atoms with van der Waals surface area (Å²) in [7, 11) is 0. The molecule has 1 saturated carbocycles. The molecule has 3 heteroatoms. The van der Waals surface area contributed by atoms with Gasteiger partial charge in [0.1, 0.15) is 0 Å². The smallest absolute Gasteiger partial charge is 0.249 e. The van der Waals surface area contributed by atoms with E-state index < -0.39 is 18.4 Å². The molecule has 2 atom stereocenters. The van der Waals surface area contributed by atoms with Crippen LogP contribution in [-0.2, 0) is 0 Å². The summed E-state index contributed by atoms with van der Waals surface area (Å²) >= 11 is 0. The van der Waals surface area contributed by atoms with Crippen molar-refractivity contribution < 1.29 is 10.2 Å². The molecule has 1 nitrogen and oxygen atoms in total. The fourth-order valence-corrected chi connectivity index (χ4v) is 1.04. The van der Waals surface area contributed by atoms with Crippen molar-refractivity contribution in [3.05, 3.63) is 0 Å². The van der Waals surface area contributed by atoms with Crippen LogP contribution in [0, 0.1) is 0 Å². The van der Waals surface area contributed by atoms with Gasteiger partial charge in [0, 0.05) is 20.3 Å². The van der Waals surface area contributed by atoms with Crippen molar-refractivity contribution in [2.45, 2.75) is 37.6 Å². The average Bonchev–Trinajstić information content (AvgIpc) is 1.79. The molecule has 2 N–H and O–H groups in total. The molecule has 0 saturated heterocycles. The van der Waals surface area contributed by atoms with Gasteiger partial charge in [-0.1, -0.05) is 0 Å². The fraction of sp³-hybridized carbons (Fsp3) is 1.00. The highest BCUT2D eigenvalue weighted by molar-refractivity contribution is 4.79. The maximum absolute atomic E-state index is 12.5. The molecule has 0 aromatic carbocycles. The monoisotopic (exact) mass is 136 g/mol. The number of halogens is 2. The standard InChI is InChI=1S/C6H11F2N/c7-6(8)3-1-2-5(9)4-6/h5H,1-4,9H2/t5-/m0/s1/i2D/t2-,5-. The van der Waals surface area contributed by atoms with Gasteiger partial charge >= 0.3 is 0 Å². The van der Waals surface area contributed by atoms with Crippen LogP contribution in [0.2, 0.25) is 0 Å². The minimum atomic E-state index is -2.61. The van der Waals surface area contributed by atoms with Gasteiger partial charge in [-0.15, -0.1) is 0 Å². The molecule has 0 aromatic heterocycles. The van der Waals surface area contributed by atoms with E-state index >= 15 is 0 Å². The van der Waals surface area contributed by atoms with Crippen molar-refractivity contribution in [1.82, 2.24) is 0 Å². The molecule has 0 amide bonds. The van der Waals surface area contributed by atoms with E-state index in [2.05, 4.69) is 0 Å². The zero-order chi connectivity index (χ0) is 7.78. The van der Waals surface area contributed by atoms with E-state index in [9.17, 15) is 8.78 Å². The SMILES string of the molecule is [2H][C@H]1CCC(F)(F)C[C@H]1N. The molecule has 0 unspecified atom stereocenters. The van der Waals surface area contributed by atoms with Gasteiger partial charge in [0.25, 0.3) is 0 Å². The summed E-state index contributed by atoms with van der Waals surface area (Å²) in [5, 5.41) is 0. The van der Waals surface area contributed by atoms with Gasteiger partial charge in [-0.05, 0) is 12.8 Å². The van der Waals surface area contributed by atoms with Gasteiger partial charge < -0.3 is 5.73 Å². The molecular formula is C6H11F2N. The highest BCUT2D eigenvalue weighted by atomic mass is 19.3. The molecule has 0 radical (unpaired) electrons. The molecule has 0 spiro atoms. The zero-order valence-corrected chi connectivity index (χ0v) is 5.11. The Labute approximate surface area is 54.6 Å². The van der Waals surface area contributed by atoms with Gasteiger partial charge in [0.2, 0.25) is 5.92 Å². The lowest BCUT2D eigenvalue weighted by Crippen LogP contribution is -2.34.